The number of fused-ring (bicyclic) bond motifs is 1. The molecule has 0 spiro atoms. The standard InChI is InChI=1S/C15H16N2O2/c1-16-12-3-5-13(6-4-12)17-9-11-2-7-14-15(8-11)19-10-18-14/h2-8,16-17H,9-10H2,1H3. The van der Waals surface area contributed by atoms with Crippen molar-refractivity contribution in [3.8, 4) is 11.5 Å². The molecule has 0 aromatic heterocycles. The normalized spacial score (nSPS) is 12.3. The van der Waals surface area contributed by atoms with Crippen molar-refractivity contribution in [2.24, 2.45) is 0 Å². The van der Waals surface area contributed by atoms with E-state index < -0.39 is 0 Å². The number of benzene rings is 2. The van der Waals surface area contributed by atoms with Gasteiger partial charge >= 0.3 is 0 Å². The Kier molecular flexibility index (Phi) is 3.14. The molecule has 4 nitrogen and oxygen atoms in total. The second-order valence-corrected chi connectivity index (χ2v) is 4.37. The molecular weight excluding hydrogens is 240 g/mol. The van der Waals surface area contributed by atoms with Gasteiger partial charge in [0.05, 0.1) is 0 Å². The summed E-state index contributed by atoms with van der Waals surface area (Å²) in [5.41, 5.74) is 3.37. The molecule has 0 fully saturated rings. The van der Waals surface area contributed by atoms with Crippen molar-refractivity contribution in [2.75, 3.05) is 24.5 Å². The molecule has 1 heterocycles. The molecule has 4 heteroatoms. The molecule has 2 aromatic carbocycles. The quantitative estimate of drug-likeness (QED) is 0.882. The van der Waals surface area contributed by atoms with Crippen LogP contribution in [0, 0.1) is 0 Å². The van der Waals surface area contributed by atoms with E-state index in [4.69, 9.17) is 9.47 Å². The monoisotopic (exact) mass is 256 g/mol. The summed E-state index contributed by atoms with van der Waals surface area (Å²) < 4.78 is 10.7. The van der Waals surface area contributed by atoms with Crippen molar-refractivity contribution in [3.05, 3.63) is 48.0 Å². The third-order valence-electron chi connectivity index (χ3n) is 3.11. The number of hydrogen-bond donors (Lipinski definition) is 2. The van der Waals surface area contributed by atoms with Gasteiger partial charge in [0.2, 0.25) is 6.79 Å². The lowest BCUT2D eigenvalue weighted by atomic mass is 10.2. The van der Waals surface area contributed by atoms with Gasteiger partial charge in [-0.3, -0.25) is 0 Å². The van der Waals surface area contributed by atoms with Crippen molar-refractivity contribution in [1.29, 1.82) is 0 Å². The second kappa shape index (κ2) is 5.10. The number of anilines is 2. The Morgan fingerprint density at radius 2 is 1.68 bits per heavy atom. The van der Waals surface area contributed by atoms with E-state index in [0.717, 1.165) is 29.4 Å². The number of hydrogen-bond acceptors (Lipinski definition) is 4. The summed E-state index contributed by atoms with van der Waals surface area (Å²) in [6.07, 6.45) is 0. The minimum Gasteiger partial charge on any atom is -0.454 e. The van der Waals surface area contributed by atoms with Gasteiger partial charge in [-0.05, 0) is 42.0 Å². The predicted molar refractivity (Wildman–Crippen MR) is 75.9 cm³/mol. The van der Waals surface area contributed by atoms with Gasteiger partial charge in [0.15, 0.2) is 11.5 Å². The molecule has 0 amide bonds. The van der Waals surface area contributed by atoms with E-state index >= 15 is 0 Å². The van der Waals surface area contributed by atoms with Crippen LogP contribution in [-0.4, -0.2) is 13.8 Å². The first-order chi connectivity index (χ1) is 9.35. The van der Waals surface area contributed by atoms with E-state index in [9.17, 15) is 0 Å². The second-order valence-electron chi connectivity index (χ2n) is 4.37. The number of ether oxygens (including phenoxy) is 2. The van der Waals surface area contributed by atoms with Crippen LogP contribution in [0.1, 0.15) is 5.56 Å². The van der Waals surface area contributed by atoms with Crippen LogP contribution in [-0.2, 0) is 6.54 Å². The average Bonchev–Trinajstić information content (AvgIpc) is 2.93. The SMILES string of the molecule is CNc1ccc(NCc2ccc3c(c2)OCO3)cc1. The predicted octanol–water partition coefficient (Wildman–Crippen LogP) is 3.07. The van der Waals surface area contributed by atoms with Gasteiger partial charge in [-0.2, -0.15) is 0 Å². The average molecular weight is 256 g/mol. The zero-order valence-corrected chi connectivity index (χ0v) is 10.8. The van der Waals surface area contributed by atoms with Gasteiger partial charge in [-0.25, -0.2) is 0 Å². The topological polar surface area (TPSA) is 42.5 Å². The summed E-state index contributed by atoms with van der Waals surface area (Å²) in [4.78, 5) is 0. The molecule has 98 valence electrons. The Morgan fingerprint density at radius 1 is 0.947 bits per heavy atom. The third kappa shape index (κ3) is 2.57. The maximum absolute atomic E-state index is 5.36. The van der Waals surface area contributed by atoms with Gasteiger partial charge in [0.1, 0.15) is 0 Å². The minimum atomic E-state index is 0.317. The first kappa shape index (κ1) is 11.7. The summed E-state index contributed by atoms with van der Waals surface area (Å²) in [7, 11) is 1.91. The first-order valence-corrected chi connectivity index (χ1v) is 6.25. The van der Waals surface area contributed by atoms with Gasteiger partial charge in [-0.1, -0.05) is 6.07 Å². The third-order valence-corrected chi connectivity index (χ3v) is 3.11. The van der Waals surface area contributed by atoms with Crippen molar-refractivity contribution in [2.45, 2.75) is 6.54 Å². The fourth-order valence-electron chi connectivity index (χ4n) is 2.01. The summed E-state index contributed by atoms with van der Waals surface area (Å²) >= 11 is 0. The van der Waals surface area contributed by atoms with Crippen molar-refractivity contribution in [3.63, 3.8) is 0 Å². The molecule has 0 saturated carbocycles. The number of rotatable bonds is 4. The lowest BCUT2D eigenvalue weighted by Gasteiger charge is -2.08. The smallest absolute Gasteiger partial charge is 0.231 e. The van der Waals surface area contributed by atoms with E-state index in [2.05, 4.69) is 22.8 Å². The fraction of sp³-hybridized carbons (Fsp3) is 0.200. The van der Waals surface area contributed by atoms with E-state index in [1.54, 1.807) is 0 Å². The maximum Gasteiger partial charge on any atom is 0.231 e. The van der Waals surface area contributed by atoms with Crippen molar-refractivity contribution < 1.29 is 9.47 Å². The van der Waals surface area contributed by atoms with Crippen LogP contribution < -0.4 is 20.1 Å². The largest absolute Gasteiger partial charge is 0.454 e. The molecule has 0 atom stereocenters. The lowest BCUT2D eigenvalue weighted by molar-refractivity contribution is 0.174. The van der Waals surface area contributed by atoms with E-state index in [0.29, 0.717) is 6.79 Å². The highest BCUT2D eigenvalue weighted by Gasteiger charge is 2.12. The molecule has 0 aliphatic carbocycles. The summed E-state index contributed by atoms with van der Waals surface area (Å²) in [5, 5.41) is 6.48. The molecule has 0 saturated heterocycles. The molecule has 0 bridgehead atoms. The Hall–Kier alpha value is -2.36. The molecule has 19 heavy (non-hydrogen) atoms. The molecule has 3 rings (SSSR count). The number of nitrogens with one attached hydrogen (secondary N) is 2. The molecule has 0 radical (unpaired) electrons. The van der Waals surface area contributed by atoms with Crippen LogP contribution >= 0.6 is 0 Å². The Morgan fingerprint density at radius 3 is 2.47 bits per heavy atom. The van der Waals surface area contributed by atoms with E-state index in [1.807, 2.05) is 37.4 Å². The van der Waals surface area contributed by atoms with Crippen LogP contribution in [0.4, 0.5) is 11.4 Å². The molecule has 0 unspecified atom stereocenters. The molecular formula is C15H16N2O2. The van der Waals surface area contributed by atoms with Gasteiger partial charge in [-0.15, -0.1) is 0 Å². The van der Waals surface area contributed by atoms with Crippen molar-refractivity contribution >= 4 is 11.4 Å². The summed E-state index contributed by atoms with van der Waals surface area (Å²) in [6.45, 7) is 1.08. The lowest BCUT2D eigenvalue weighted by Crippen LogP contribution is -1.99. The van der Waals surface area contributed by atoms with Crippen molar-refractivity contribution in [1.82, 2.24) is 0 Å². The van der Waals surface area contributed by atoms with Gasteiger partial charge in [0, 0.05) is 25.0 Å². The van der Waals surface area contributed by atoms with Crippen LogP contribution in [0.25, 0.3) is 0 Å². The first-order valence-electron chi connectivity index (χ1n) is 6.25. The highest BCUT2D eigenvalue weighted by molar-refractivity contribution is 5.54. The fourth-order valence-corrected chi connectivity index (χ4v) is 2.01. The van der Waals surface area contributed by atoms with Crippen LogP contribution in [0.5, 0.6) is 11.5 Å². The van der Waals surface area contributed by atoms with Gasteiger partial charge in [0.25, 0.3) is 0 Å². The Labute approximate surface area is 112 Å². The maximum atomic E-state index is 5.36. The molecule has 2 N–H and O–H groups in total. The van der Waals surface area contributed by atoms with Crippen LogP contribution in [0.2, 0.25) is 0 Å². The van der Waals surface area contributed by atoms with E-state index in [1.165, 1.54) is 5.56 Å². The zero-order chi connectivity index (χ0) is 13.1. The van der Waals surface area contributed by atoms with Crippen LogP contribution in [0.15, 0.2) is 42.5 Å². The minimum absolute atomic E-state index is 0.317. The zero-order valence-electron chi connectivity index (χ0n) is 10.8. The van der Waals surface area contributed by atoms with Gasteiger partial charge < -0.3 is 20.1 Å². The Bertz CT molecular complexity index is 567. The molecule has 1 aliphatic heterocycles. The highest BCUT2D eigenvalue weighted by Crippen LogP contribution is 2.32. The highest BCUT2D eigenvalue weighted by atomic mass is 16.7. The molecule has 1 aliphatic rings. The molecule has 2 aromatic rings. The Balaban J connectivity index is 1.65. The van der Waals surface area contributed by atoms with E-state index in [-0.39, 0.29) is 0 Å². The summed E-state index contributed by atoms with van der Waals surface area (Å²) in [6, 6.07) is 14.2. The summed E-state index contributed by atoms with van der Waals surface area (Å²) in [5.74, 6) is 1.65. The van der Waals surface area contributed by atoms with Crippen LogP contribution in [0.3, 0.4) is 0 Å².